The number of aliphatic carboxylic acids is 2. The summed E-state index contributed by atoms with van der Waals surface area (Å²) in [6.07, 6.45) is 2.71. The van der Waals surface area contributed by atoms with Crippen LogP contribution in [0.15, 0.2) is 54.6 Å². The number of hydrogen-bond acceptors (Lipinski definition) is 2. The zero-order valence-corrected chi connectivity index (χ0v) is 9.74. The summed E-state index contributed by atoms with van der Waals surface area (Å²) in [5.74, 6) is -2.75. The maximum Gasteiger partial charge on any atom is 0.331 e. The average molecular weight is 246 g/mol. The van der Waals surface area contributed by atoms with E-state index in [0.717, 1.165) is 11.6 Å². The van der Waals surface area contributed by atoms with Crippen molar-refractivity contribution in [3.05, 3.63) is 60.2 Å². The van der Waals surface area contributed by atoms with Gasteiger partial charge < -0.3 is 10.2 Å². The van der Waals surface area contributed by atoms with Crippen LogP contribution in [-0.2, 0) is 16.0 Å². The van der Waals surface area contributed by atoms with Crippen molar-refractivity contribution >= 4 is 11.9 Å². The molecule has 2 N–H and O–H groups in total. The van der Waals surface area contributed by atoms with Crippen LogP contribution in [-0.4, -0.2) is 22.2 Å². The fourth-order valence-corrected chi connectivity index (χ4v) is 1.53. The van der Waals surface area contributed by atoms with Gasteiger partial charge in [-0.1, -0.05) is 43.0 Å². The van der Waals surface area contributed by atoms with Crippen molar-refractivity contribution in [1.29, 1.82) is 0 Å². The Balaban J connectivity index is 2.88. The maximum absolute atomic E-state index is 10.9. The molecular weight excluding hydrogens is 232 g/mol. The Morgan fingerprint density at radius 1 is 1.22 bits per heavy atom. The Morgan fingerprint density at radius 3 is 2.33 bits per heavy atom. The SMILES string of the molecule is C=C(C(=O)O)C(C=CC(=O)O)Cc1ccccc1. The summed E-state index contributed by atoms with van der Waals surface area (Å²) in [5, 5.41) is 17.5. The molecule has 0 bridgehead atoms. The predicted octanol–water partition coefficient (Wildman–Crippen LogP) is 2.13. The quantitative estimate of drug-likeness (QED) is 0.754. The van der Waals surface area contributed by atoms with Gasteiger partial charge >= 0.3 is 11.9 Å². The minimum atomic E-state index is -1.12. The second kappa shape index (κ2) is 6.39. The fourth-order valence-electron chi connectivity index (χ4n) is 1.53. The first-order valence-electron chi connectivity index (χ1n) is 5.38. The van der Waals surface area contributed by atoms with Crippen molar-refractivity contribution in [2.24, 2.45) is 5.92 Å². The molecule has 0 heterocycles. The van der Waals surface area contributed by atoms with E-state index in [9.17, 15) is 9.59 Å². The van der Waals surface area contributed by atoms with E-state index in [1.165, 1.54) is 6.08 Å². The van der Waals surface area contributed by atoms with Gasteiger partial charge in [0.25, 0.3) is 0 Å². The molecule has 18 heavy (non-hydrogen) atoms. The number of rotatable bonds is 6. The summed E-state index contributed by atoms with van der Waals surface area (Å²) >= 11 is 0. The van der Waals surface area contributed by atoms with Crippen molar-refractivity contribution in [2.75, 3.05) is 0 Å². The first-order valence-corrected chi connectivity index (χ1v) is 5.38. The van der Waals surface area contributed by atoms with Crippen LogP contribution in [0.4, 0.5) is 0 Å². The largest absolute Gasteiger partial charge is 0.478 e. The maximum atomic E-state index is 10.9. The highest BCUT2D eigenvalue weighted by Gasteiger charge is 2.16. The number of carbonyl (C=O) groups is 2. The van der Waals surface area contributed by atoms with Crippen LogP contribution in [0.2, 0.25) is 0 Å². The number of carboxylic acids is 2. The molecule has 0 aromatic heterocycles. The molecule has 0 spiro atoms. The van der Waals surface area contributed by atoms with E-state index in [2.05, 4.69) is 6.58 Å². The highest BCUT2D eigenvalue weighted by Crippen LogP contribution is 2.17. The highest BCUT2D eigenvalue weighted by atomic mass is 16.4. The normalized spacial score (nSPS) is 12.2. The first-order chi connectivity index (χ1) is 8.50. The van der Waals surface area contributed by atoms with Gasteiger partial charge in [-0.05, 0) is 12.0 Å². The molecule has 0 aliphatic carbocycles. The molecule has 1 aromatic rings. The molecule has 1 rings (SSSR count). The van der Waals surface area contributed by atoms with Crippen molar-refractivity contribution < 1.29 is 19.8 Å². The highest BCUT2D eigenvalue weighted by molar-refractivity contribution is 5.87. The molecule has 0 aliphatic rings. The van der Waals surface area contributed by atoms with E-state index in [4.69, 9.17) is 10.2 Å². The molecule has 1 atom stereocenters. The van der Waals surface area contributed by atoms with Gasteiger partial charge in [-0.3, -0.25) is 0 Å². The van der Waals surface area contributed by atoms with Gasteiger partial charge in [0.05, 0.1) is 0 Å². The lowest BCUT2D eigenvalue weighted by molar-refractivity contribution is -0.133. The number of carboxylic acid groups (broad SMARTS) is 2. The molecule has 1 aromatic carbocycles. The Morgan fingerprint density at radius 2 is 1.83 bits per heavy atom. The van der Waals surface area contributed by atoms with Crippen LogP contribution < -0.4 is 0 Å². The molecule has 0 saturated heterocycles. The molecule has 0 aliphatic heterocycles. The first kappa shape index (κ1) is 13.7. The third-order valence-electron chi connectivity index (χ3n) is 2.49. The van der Waals surface area contributed by atoms with E-state index in [-0.39, 0.29) is 5.57 Å². The second-order valence-electron chi connectivity index (χ2n) is 3.82. The lowest BCUT2D eigenvalue weighted by Gasteiger charge is -2.12. The molecule has 0 radical (unpaired) electrons. The summed E-state index contributed by atoms with van der Waals surface area (Å²) < 4.78 is 0. The lowest BCUT2D eigenvalue weighted by Crippen LogP contribution is -2.12. The summed E-state index contributed by atoms with van der Waals surface area (Å²) in [4.78, 5) is 21.4. The topological polar surface area (TPSA) is 74.6 Å². The summed E-state index contributed by atoms with van der Waals surface area (Å²) in [7, 11) is 0. The van der Waals surface area contributed by atoms with Gasteiger partial charge in [-0.2, -0.15) is 0 Å². The van der Waals surface area contributed by atoms with Crippen molar-refractivity contribution in [1.82, 2.24) is 0 Å². The Bertz CT molecular complexity index is 474. The van der Waals surface area contributed by atoms with Gasteiger partial charge in [0.1, 0.15) is 0 Å². The third-order valence-corrected chi connectivity index (χ3v) is 2.49. The van der Waals surface area contributed by atoms with Crippen LogP contribution in [0.3, 0.4) is 0 Å². The molecule has 4 heteroatoms. The second-order valence-corrected chi connectivity index (χ2v) is 3.82. The Kier molecular flexibility index (Phi) is 4.87. The number of allylic oxidation sites excluding steroid dienone is 1. The predicted molar refractivity (Wildman–Crippen MR) is 67.2 cm³/mol. The summed E-state index contributed by atoms with van der Waals surface area (Å²) in [6, 6.07) is 9.26. The van der Waals surface area contributed by atoms with E-state index in [1.807, 2.05) is 30.3 Å². The van der Waals surface area contributed by atoms with Crippen molar-refractivity contribution in [3.8, 4) is 0 Å². The number of benzene rings is 1. The summed E-state index contributed by atoms with van der Waals surface area (Å²) in [6.45, 7) is 3.48. The minimum absolute atomic E-state index is 0.0173. The molecule has 94 valence electrons. The van der Waals surface area contributed by atoms with E-state index in [1.54, 1.807) is 0 Å². The molecular formula is C14H14O4. The number of hydrogen-bond donors (Lipinski definition) is 2. The third kappa shape index (κ3) is 4.25. The molecule has 1 unspecified atom stereocenters. The lowest BCUT2D eigenvalue weighted by atomic mass is 9.92. The van der Waals surface area contributed by atoms with E-state index in [0.29, 0.717) is 6.42 Å². The van der Waals surface area contributed by atoms with Gasteiger partial charge in [0.2, 0.25) is 0 Å². The van der Waals surface area contributed by atoms with Gasteiger partial charge in [0.15, 0.2) is 0 Å². The molecule has 0 amide bonds. The fraction of sp³-hybridized carbons (Fsp3) is 0.143. The Labute approximate surface area is 105 Å². The summed E-state index contributed by atoms with van der Waals surface area (Å²) in [5.41, 5.74) is 0.913. The molecule has 0 saturated carbocycles. The van der Waals surface area contributed by atoms with E-state index >= 15 is 0 Å². The van der Waals surface area contributed by atoms with Crippen molar-refractivity contribution in [3.63, 3.8) is 0 Å². The van der Waals surface area contributed by atoms with E-state index < -0.39 is 17.9 Å². The van der Waals surface area contributed by atoms with Gasteiger partial charge in [-0.15, -0.1) is 0 Å². The van der Waals surface area contributed by atoms with Crippen LogP contribution in [0.1, 0.15) is 5.56 Å². The standard InChI is InChI=1S/C14H14O4/c1-10(14(17)18)12(7-8-13(15)16)9-11-5-3-2-4-6-11/h2-8,12H,1,9H2,(H,15,16)(H,17,18). The molecule has 4 nitrogen and oxygen atoms in total. The van der Waals surface area contributed by atoms with Crippen LogP contribution in [0, 0.1) is 5.92 Å². The molecule has 0 fully saturated rings. The van der Waals surface area contributed by atoms with Crippen LogP contribution in [0.5, 0.6) is 0 Å². The van der Waals surface area contributed by atoms with Gasteiger partial charge in [0, 0.05) is 17.6 Å². The zero-order chi connectivity index (χ0) is 13.5. The van der Waals surface area contributed by atoms with Crippen LogP contribution in [0.25, 0.3) is 0 Å². The Hall–Kier alpha value is -2.36. The average Bonchev–Trinajstić information content (AvgIpc) is 2.34. The minimum Gasteiger partial charge on any atom is -0.478 e. The van der Waals surface area contributed by atoms with Crippen molar-refractivity contribution in [2.45, 2.75) is 6.42 Å². The monoisotopic (exact) mass is 246 g/mol. The smallest absolute Gasteiger partial charge is 0.331 e. The van der Waals surface area contributed by atoms with Gasteiger partial charge in [-0.25, -0.2) is 9.59 Å². The zero-order valence-electron chi connectivity index (χ0n) is 9.74. The van der Waals surface area contributed by atoms with Crippen LogP contribution >= 0.6 is 0 Å².